The van der Waals surface area contributed by atoms with E-state index in [1.165, 1.54) is 0 Å². The van der Waals surface area contributed by atoms with E-state index in [9.17, 15) is 5.11 Å². The average molecular weight is 219 g/mol. The number of hydrogen-bond acceptors (Lipinski definition) is 4. The van der Waals surface area contributed by atoms with Crippen LogP contribution in [0, 0.1) is 0 Å². The molecule has 1 aromatic heterocycles. The highest BCUT2D eigenvalue weighted by molar-refractivity contribution is 5.28. The number of ether oxygens (including phenoxy) is 1. The van der Waals surface area contributed by atoms with Gasteiger partial charge in [-0.2, -0.15) is 0 Å². The maximum atomic E-state index is 9.33. The second-order valence-electron chi connectivity index (χ2n) is 3.51. The van der Waals surface area contributed by atoms with E-state index in [0.717, 1.165) is 11.3 Å². The molecule has 2 aromatic rings. The minimum atomic E-state index is -0.455. The van der Waals surface area contributed by atoms with Gasteiger partial charge in [-0.25, -0.2) is 0 Å². The van der Waals surface area contributed by atoms with Gasteiger partial charge < -0.3 is 14.4 Å². The Bertz CT molecular complexity index is 420. The number of hydrogen-bond donors (Lipinski definition) is 1. The first-order valence-electron chi connectivity index (χ1n) is 5.06. The van der Waals surface area contributed by atoms with Gasteiger partial charge >= 0.3 is 0 Å². The highest BCUT2D eigenvalue weighted by Crippen LogP contribution is 2.18. The first-order valence-corrected chi connectivity index (χ1v) is 5.06. The minimum Gasteiger partial charge on any atom is -0.486 e. The van der Waals surface area contributed by atoms with Crippen molar-refractivity contribution in [2.45, 2.75) is 19.6 Å². The van der Waals surface area contributed by atoms with E-state index >= 15 is 0 Å². The van der Waals surface area contributed by atoms with E-state index in [-0.39, 0.29) is 0 Å². The molecule has 0 aliphatic rings. The van der Waals surface area contributed by atoms with Crippen molar-refractivity contribution in [2.24, 2.45) is 0 Å². The SMILES string of the molecule is C[C@@H](O)c1ccc(OCc2ccno2)cc1. The maximum Gasteiger partial charge on any atom is 0.174 e. The zero-order valence-corrected chi connectivity index (χ0v) is 8.96. The van der Waals surface area contributed by atoms with E-state index < -0.39 is 6.10 Å². The van der Waals surface area contributed by atoms with Gasteiger partial charge in [-0.3, -0.25) is 0 Å². The second-order valence-corrected chi connectivity index (χ2v) is 3.51. The van der Waals surface area contributed by atoms with Crippen molar-refractivity contribution < 1.29 is 14.4 Å². The van der Waals surface area contributed by atoms with Crippen LogP contribution in [-0.2, 0) is 6.61 Å². The molecule has 1 N–H and O–H groups in total. The summed E-state index contributed by atoms with van der Waals surface area (Å²) in [6.45, 7) is 2.08. The molecule has 1 heterocycles. The number of aliphatic hydroxyl groups is 1. The summed E-state index contributed by atoms with van der Waals surface area (Å²) < 4.78 is 10.4. The summed E-state index contributed by atoms with van der Waals surface area (Å²) in [4.78, 5) is 0. The lowest BCUT2D eigenvalue weighted by molar-refractivity contribution is 0.199. The second kappa shape index (κ2) is 4.81. The van der Waals surface area contributed by atoms with Crippen LogP contribution in [-0.4, -0.2) is 10.3 Å². The summed E-state index contributed by atoms with van der Waals surface area (Å²) in [6, 6.07) is 9.06. The predicted octanol–water partition coefficient (Wildman–Crippen LogP) is 2.31. The van der Waals surface area contributed by atoms with Crippen LogP contribution in [0.25, 0.3) is 0 Å². The summed E-state index contributed by atoms with van der Waals surface area (Å²) in [5.41, 5.74) is 0.868. The molecule has 0 saturated heterocycles. The third-order valence-corrected chi connectivity index (χ3v) is 2.23. The fourth-order valence-corrected chi connectivity index (χ4v) is 1.31. The molecular weight excluding hydrogens is 206 g/mol. The molecule has 0 bridgehead atoms. The highest BCUT2D eigenvalue weighted by Gasteiger charge is 2.02. The quantitative estimate of drug-likeness (QED) is 0.857. The number of rotatable bonds is 4. The van der Waals surface area contributed by atoms with Crippen molar-refractivity contribution in [1.82, 2.24) is 5.16 Å². The van der Waals surface area contributed by atoms with E-state index in [1.807, 2.05) is 24.3 Å². The standard InChI is InChI=1S/C12H13NO3/c1-9(14)10-2-4-11(5-3-10)15-8-12-6-7-13-16-12/h2-7,9,14H,8H2,1H3/t9-/m1/s1. The molecule has 4 nitrogen and oxygen atoms in total. The van der Waals surface area contributed by atoms with Gasteiger partial charge in [0, 0.05) is 6.07 Å². The molecule has 2 rings (SSSR count). The van der Waals surface area contributed by atoms with Gasteiger partial charge in [0.2, 0.25) is 0 Å². The van der Waals surface area contributed by atoms with Gasteiger partial charge in [-0.15, -0.1) is 0 Å². The fourth-order valence-electron chi connectivity index (χ4n) is 1.31. The molecule has 0 unspecified atom stereocenters. The van der Waals surface area contributed by atoms with Crippen molar-refractivity contribution in [3.8, 4) is 5.75 Å². The molecule has 0 spiro atoms. The van der Waals surface area contributed by atoms with Crippen LogP contribution >= 0.6 is 0 Å². The Labute approximate surface area is 93.5 Å². The van der Waals surface area contributed by atoms with Gasteiger partial charge in [0.15, 0.2) is 5.76 Å². The Hall–Kier alpha value is -1.81. The summed E-state index contributed by atoms with van der Waals surface area (Å²) in [5.74, 6) is 1.42. The van der Waals surface area contributed by atoms with Crippen molar-refractivity contribution in [1.29, 1.82) is 0 Å². The van der Waals surface area contributed by atoms with E-state index in [4.69, 9.17) is 9.26 Å². The van der Waals surface area contributed by atoms with Crippen LogP contribution in [0.3, 0.4) is 0 Å². The third-order valence-electron chi connectivity index (χ3n) is 2.23. The highest BCUT2D eigenvalue weighted by atomic mass is 16.5. The largest absolute Gasteiger partial charge is 0.486 e. The first-order chi connectivity index (χ1) is 7.75. The van der Waals surface area contributed by atoms with Crippen LogP contribution in [0.5, 0.6) is 5.75 Å². The summed E-state index contributed by atoms with van der Waals surface area (Å²) in [5, 5.41) is 12.9. The van der Waals surface area contributed by atoms with Gasteiger partial charge in [0.1, 0.15) is 12.4 Å². The summed E-state index contributed by atoms with van der Waals surface area (Å²) in [7, 11) is 0. The van der Waals surface area contributed by atoms with Gasteiger partial charge in [0.25, 0.3) is 0 Å². The Morgan fingerprint density at radius 1 is 1.31 bits per heavy atom. The zero-order valence-electron chi connectivity index (χ0n) is 8.96. The average Bonchev–Trinajstić information content (AvgIpc) is 2.80. The summed E-state index contributed by atoms with van der Waals surface area (Å²) in [6.07, 6.45) is 1.12. The Morgan fingerprint density at radius 2 is 2.06 bits per heavy atom. The van der Waals surface area contributed by atoms with Crippen LogP contribution < -0.4 is 4.74 Å². The first kappa shape index (κ1) is 10.7. The fraction of sp³-hybridized carbons (Fsp3) is 0.250. The monoisotopic (exact) mass is 219 g/mol. The lowest BCUT2D eigenvalue weighted by Crippen LogP contribution is -1.95. The van der Waals surface area contributed by atoms with Crippen molar-refractivity contribution >= 4 is 0 Å². The molecule has 1 aromatic carbocycles. The Morgan fingerprint density at radius 3 is 2.62 bits per heavy atom. The molecule has 0 aliphatic heterocycles. The molecule has 0 aliphatic carbocycles. The molecule has 1 atom stereocenters. The molecule has 0 radical (unpaired) electrons. The molecule has 84 valence electrons. The molecule has 4 heteroatoms. The van der Waals surface area contributed by atoms with Gasteiger partial charge in [-0.05, 0) is 24.6 Å². The normalized spacial score (nSPS) is 12.4. The number of benzene rings is 1. The lowest BCUT2D eigenvalue weighted by Gasteiger charge is -2.07. The van der Waals surface area contributed by atoms with E-state index in [2.05, 4.69) is 5.16 Å². The van der Waals surface area contributed by atoms with Crippen LogP contribution in [0.2, 0.25) is 0 Å². The maximum absolute atomic E-state index is 9.33. The van der Waals surface area contributed by atoms with Crippen molar-refractivity contribution in [2.75, 3.05) is 0 Å². The lowest BCUT2D eigenvalue weighted by atomic mass is 10.1. The molecular formula is C12H13NO3. The summed E-state index contributed by atoms with van der Waals surface area (Å²) >= 11 is 0. The van der Waals surface area contributed by atoms with Gasteiger partial charge in [0.05, 0.1) is 12.3 Å². The van der Waals surface area contributed by atoms with Crippen molar-refractivity contribution in [3.63, 3.8) is 0 Å². The Balaban J connectivity index is 1.95. The Kier molecular flexibility index (Phi) is 3.22. The number of aliphatic hydroxyl groups excluding tert-OH is 1. The number of aromatic nitrogens is 1. The van der Waals surface area contributed by atoms with Crippen LogP contribution in [0.4, 0.5) is 0 Å². The van der Waals surface area contributed by atoms with Crippen molar-refractivity contribution in [3.05, 3.63) is 47.9 Å². The number of nitrogens with zero attached hydrogens (tertiary/aromatic N) is 1. The predicted molar refractivity (Wildman–Crippen MR) is 57.9 cm³/mol. The van der Waals surface area contributed by atoms with Gasteiger partial charge in [-0.1, -0.05) is 17.3 Å². The van der Waals surface area contributed by atoms with E-state index in [1.54, 1.807) is 19.2 Å². The molecule has 16 heavy (non-hydrogen) atoms. The van der Waals surface area contributed by atoms with E-state index in [0.29, 0.717) is 12.4 Å². The topological polar surface area (TPSA) is 55.5 Å². The zero-order chi connectivity index (χ0) is 11.4. The molecule has 0 fully saturated rings. The molecule has 0 saturated carbocycles. The minimum absolute atomic E-state index is 0.355. The smallest absolute Gasteiger partial charge is 0.174 e. The van der Waals surface area contributed by atoms with Crippen LogP contribution in [0.15, 0.2) is 41.1 Å². The van der Waals surface area contributed by atoms with Crippen LogP contribution in [0.1, 0.15) is 24.4 Å². The third kappa shape index (κ3) is 2.61. The molecule has 0 amide bonds.